The van der Waals surface area contributed by atoms with E-state index < -0.39 is 0 Å². The number of benzene rings is 1. The van der Waals surface area contributed by atoms with Gasteiger partial charge in [-0.25, -0.2) is 0 Å². The third-order valence-corrected chi connectivity index (χ3v) is 2.33. The van der Waals surface area contributed by atoms with Crippen LogP contribution in [-0.2, 0) is 0 Å². The molecule has 90 valence electrons. The lowest BCUT2D eigenvalue weighted by Crippen LogP contribution is -1.99. The zero-order valence-corrected chi connectivity index (χ0v) is 10.6. The summed E-state index contributed by atoms with van der Waals surface area (Å²) in [7, 11) is 1.64. The first-order valence-electron chi connectivity index (χ1n) is 5.39. The first kappa shape index (κ1) is 13.1. The molecule has 0 aliphatic rings. The lowest BCUT2D eigenvalue weighted by molar-refractivity contribution is 0.409. The average molecular weight is 230 g/mol. The summed E-state index contributed by atoms with van der Waals surface area (Å²) in [5.41, 5.74) is 1.84. The van der Waals surface area contributed by atoms with Crippen LogP contribution in [0, 0.1) is 0 Å². The quantitative estimate of drug-likeness (QED) is 0.560. The van der Waals surface area contributed by atoms with E-state index in [9.17, 15) is 0 Å². The van der Waals surface area contributed by atoms with E-state index in [2.05, 4.69) is 13.2 Å². The molecule has 0 heterocycles. The first-order valence-corrected chi connectivity index (χ1v) is 5.39. The summed E-state index contributed by atoms with van der Waals surface area (Å²) >= 11 is 0. The van der Waals surface area contributed by atoms with E-state index in [1.807, 2.05) is 38.1 Å². The molecule has 1 aromatic rings. The molecule has 0 amide bonds. The van der Waals surface area contributed by atoms with Crippen LogP contribution in [0.4, 0.5) is 0 Å². The molecule has 2 heteroatoms. The van der Waals surface area contributed by atoms with Gasteiger partial charge in [-0.3, -0.25) is 0 Å². The van der Waals surface area contributed by atoms with E-state index in [4.69, 9.17) is 9.47 Å². The van der Waals surface area contributed by atoms with Crippen molar-refractivity contribution in [2.24, 2.45) is 0 Å². The third-order valence-electron chi connectivity index (χ3n) is 2.33. The summed E-state index contributed by atoms with van der Waals surface area (Å²) in [6.45, 7) is 11.5. The summed E-state index contributed by atoms with van der Waals surface area (Å²) in [5.74, 6) is 2.31. The molecule has 0 unspecified atom stereocenters. The fourth-order valence-electron chi connectivity index (χ4n) is 1.36. The van der Waals surface area contributed by atoms with E-state index >= 15 is 0 Å². The topological polar surface area (TPSA) is 18.5 Å². The number of allylic oxidation sites excluding steroid dienone is 3. The van der Waals surface area contributed by atoms with Gasteiger partial charge in [-0.2, -0.15) is 0 Å². The van der Waals surface area contributed by atoms with Crippen LogP contribution in [0.3, 0.4) is 0 Å². The standard InChI is InChI=1S/C15H18O2/c1-6-12(4)15(11(2)3)17-14-9-7-13(16-5)8-10-14/h6-10H,1-2H2,3-5H3. The highest BCUT2D eigenvalue weighted by atomic mass is 16.5. The van der Waals surface area contributed by atoms with Crippen molar-refractivity contribution in [2.45, 2.75) is 13.8 Å². The van der Waals surface area contributed by atoms with E-state index in [0.717, 1.165) is 28.4 Å². The Morgan fingerprint density at radius 3 is 2.06 bits per heavy atom. The predicted octanol–water partition coefficient (Wildman–Crippen LogP) is 4.11. The molecule has 2 nitrogen and oxygen atoms in total. The smallest absolute Gasteiger partial charge is 0.132 e. The summed E-state index contributed by atoms with van der Waals surface area (Å²) in [6.07, 6.45) is 1.76. The van der Waals surface area contributed by atoms with Crippen LogP contribution in [0.2, 0.25) is 0 Å². The molecule has 0 fully saturated rings. The van der Waals surface area contributed by atoms with Gasteiger partial charge in [0.15, 0.2) is 0 Å². The summed E-state index contributed by atoms with van der Waals surface area (Å²) in [5, 5.41) is 0. The molecule has 0 radical (unpaired) electrons. The molecule has 0 saturated carbocycles. The molecular formula is C15H18O2. The second-order valence-electron chi connectivity index (χ2n) is 3.77. The van der Waals surface area contributed by atoms with Crippen LogP contribution >= 0.6 is 0 Å². The van der Waals surface area contributed by atoms with Crippen molar-refractivity contribution in [1.82, 2.24) is 0 Å². The normalized spacial score (nSPS) is 11.5. The van der Waals surface area contributed by atoms with Crippen LogP contribution in [0.15, 0.2) is 60.4 Å². The molecule has 1 aromatic carbocycles. The van der Waals surface area contributed by atoms with Crippen molar-refractivity contribution in [2.75, 3.05) is 7.11 Å². The zero-order chi connectivity index (χ0) is 12.8. The molecule has 17 heavy (non-hydrogen) atoms. The SMILES string of the molecule is C=CC(C)=C(Oc1ccc(OC)cc1)C(=C)C. The number of methoxy groups -OCH3 is 1. The highest BCUT2D eigenvalue weighted by Gasteiger charge is 2.05. The molecular weight excluding hydrogens is 212 g/mol. The second-order valence-corrected chi connectivity index (χ2v) is 3.77. The second kappa shape index (κ2) is 5.94. The highest BCUT2D eigenvalue weighted by molar-refractivity contribution is 5.37. The maximum atomic E-state index is 5.78. The largest absolute Gasteiger partial charge is 0.497 e. The molecule has 0 aromatic heterocycles. The zero-order valence-electron chi connectivity index (χ0n) is 10.6. The van der Waals surface area contributed by atoms with E-state index in [1.165, 1.54) is 0 Å². The number of ether oxygens (including phenoxy) is 2. The summed E-state index contributed by atoms with van der Waals surface area (Å²) in [6, 6.07) is 7.43. The Morgan fingerprint density at radius 1 is 1.12 bits per heavy atom. The van der Waals surface area contributed by atoms with Crippen molar-refractivity contribution < 1.29 is 9.47 Å². The van der Waals surface area contributed by atoms with Crippen molar-refractivity contribution in [3.05, 3.63) is 60.4 Å². The number of hydrogen-bond donors (Lipinski definition) is 0. The Morgan fingerprint density at radius 2 is 1.65 bits per heavy atom. The highest BCUT2D eigenvalue weighted by Crippen LogP contribution is 2.23. The molecule has 0 spiro atoms. The average Bonchev–Trinajstić information content (AvgIpc) is 2.35. The lowest BCUT2D eigenvalue weighted by atomic mass is 10.1. The minimum absolute atomic E-state index is 0.755. The lowest BCUT2D eigenvalue weighted by Gasteiger charge is -2.12. The van der Waals surface area contributed by atoms with Gasteiger partial charge in [0.2, 0.25) is 0 Å². The van der Waals surface area contributed by atoms with Gasteiger partial charge in [-0.05, 0) is 49.3 Å². The Balaban J connectivity index is 2.94. The molecule has 0 saturated heterocycles. The Labute approximate surface area is 103 Å². The van der Waals surface area contributed by atoms with Gasteiger partial charge in [-0.1, -0.05) is 19.2 Å². The number of hydrogen-bond acceptors (Lipinski definition) is 2. The van der Waals surface area contributed by atoms with Crippen molar-refractivity contribution in [3.63, 3.8) is 0 Å². The molecule has 0 aliphatic carbocycles. The maximum absolute atomic E-state index is 5.78. The summed E-state index contributed by atoms with van der Waals surface area (Å²) < 4.78 is 10.9. The van der Waals surface area contributed by atoms with Crippen LogP contribution in [0.25, 0.3) is 0 Å². The minimum atomic E-state index is 0.755. The Kier molecular flexibility index (Phi) is 4.58. The van der Waals surface area contributed by atoms with E-state index in [1.54, 1.807) is 13.2 Å². The van der Waals surface area contributed by atoms with Gasteiger partial charge < -0.3 is 9.47 Å². The fourth-order valence-corrected chi connectivity index (χ4v) is 1.36. The third kappa shape index (κ3) is 3.52. The first-order chi connectivity index (χ1) is 8.08. The van der Waals surface area contributed by atoms with Gasteiger partial charge in [-0.15, -0.1) is 0 Å². The van der Waals surface area contributed by atoms with E-state index in [-0.39, 0.29) is 0 Å². The number of rotatable bonds is 5. The fraction of sp³-hybridized carbons (Fsp3) is 0.200. The van der Waals surface area contributed by atoms with Crippen LogP contribution < -0.4 is 9.47 Å². The predicted molar refractivity (Wildman–Crippen MR) is 71.3 cm³/mol. The van der Waals surface area contributed by atoms with Gasteiger partial charge in [0.25, 0.3) is 0 Å². The monoisotopic (exact) mass is 230 g/mol. The minimum Gasteiger partial charge on any atom is -0.497 e. The molecule has 0 aliphatic heterocycles. The molecule has 0 N–H and O–H groups in total. The molecule has 0 atom stereocenters. The van der Waals surface area contributed by atoms with Crippen LogP contribution in [0.1, 0.15) is 13.8 Å². The van der Waals surface area contributed by atoms with Gasteiger partial charge in [0.1, 0.15) is 17.3 Å². The van der Waals surface area contributed by atoms with Crippen molar-refractivity contribution in [1.29, 1.82) is 0 Å². The molecule has 0 bridgehead atoms. The van der Waals surface area contributed by atoms with Crippen LogP contribution in [-0.4, -0.2) is 7.11 Å². The Hall–Kier alpha value is -1.96. The Bertz CT molecular complexity index is 438. The van der Waals surface area contributed by atoms with Crippen molar-refractivity contribution in [3.8, 4) is 11.5 Å². The van der Waals surface area contributed by atoms with Gasteiger partial charge in [0.05, 0.1) is 7.11 Å². The molecule has 1 rings (SSSR count). The van der Waals surface area contributed by atoms with Crippen molar-refractivity contribution >= 4 is 0 Å². The van der Waals surface area contributed by atoms with Gasteiger partial charge >= 0.3 is 0 Å². The summed E-state index contributed by atoms with van der Waals surface area (Å²) in [4.78, 5) is 0. The van der Waals surface area contributed by atoms with Gasteiger partial charge in [0, 0.05) is 0 Å². The van der Waals surface area contributed by atoms with Crippen LogP contribution in [0.5, 0.6) is 11.5 Å². The maximum Gasteiger partial charge on any atom is 0.132 e. The van der Waals surface area contributed by atoms with E-state index in [0.29, 0.717) is 0 Å².